The van der Waals surface area contributed by atoms with Crippen molar-refractivity contribution in [2.45, 2.75) is 13.5 Å². The Bertz CT molecular complexity index is 343. The summed E-state index contributed by atoms with van der Waals surface area (Å²) in [6.07, 6.45) is 3.36. The lowest BCUT2D eigenvalue weighted by Gasteiger charge is -1.88. The lowest BCUT2D eigenvalue weighted by molar-refractivity contribution is -0.112. The smallest absolute Gasteiger partial charge is 0.293 e. The lowest BCUT2D eigenvalue weighted by Crippen LogP contribution is -2.06. The third-order valence-corrected chi connectivity index (χ3v) is 1.29. The van der Waals surface area contributed by atoms with Crippen molar-refractivity contribution in [3.63, 3.8) is 0 Å². The van der Waals surface area contributed by atoms with Gasteiger partial charge < -0.3 is 5.73 Å². The van der Waals surface area contributed by atoms with Crippen molar-refractivity contribution in [2.75, 3.05) is 0 Å². The number of amides is 1. The number of nitrogens with zero attached hydrogens (tertiary/aromatic N) is 2. The molecule has 1 amide bonds. The molecule has 0 bridgehead atoms. The fraction of sp³-hybridized carbons (Fsp3) is 0.250. The highest BCUT2D eigenvalue weighted by Crippen LogP contribution is 1.93. The topological polar surface area (TPSA) is 60.9 Å². The Balaban J connectivity index is 2.78. The molecular formula is C8H9N3O. The summed E-state index contributed by atoms with van der Waals surface area (Å²) in [6, 6.07) is 0. The van der Waals surface area contributed by atoms with Crippen LogP contribution in [0.3, 0.4) is 0 Å². The van der Waals surface area contributed by atoms with Crippen molar-refractivity contribution in [3.8, 4) is 11.8 Å². The van der Waals surface area contributed by atoms with Crippen LogP contribution in [-0.4, -0.2) is 15.7 Å². The van der Waals surface area contributed by atoms with Crippen LogP contribution in [0.15, 0.2) is 12.4 Å². The van der Waals surface area contributed by atoms with Gasteiger partial charge in [0.1, 0.15) is 0 Å². The van der Waals surface area contributed by atoms with Gasteiger partial charge in [-0.15, -0.1) is 0 Å². The predicted molar refractivity (Wildman–Crippen MR) is 44.0 cm³/mol. The number of primary amides is 1. The van der Waals surface area contributed by atoms with E-state index in [0.717, 1.165) is 6.54 Å². The molecule has 0 radical (unpaired) electrons. The number of aromatic nitrogens is 2. The van der Waals surface area contributed by atoms with Gasteiger partial charge in [-0.3, -0.25) is 9.48 Å². The highest BCUT2D eigenvalue weighted by Gasteiger charge is 1.91. The van der Waals surface area contributed by atoms with E-state index in [1.165, 1.54) is 0 Å². The van der Waals surface area contributed by atoms with E-state index in [2.05, 4.69) is 16.9 Å². The average Bonchev–Trinajstić information content (AvgIpc) is 2.48. The average molecular weight is 163 g/mol. The van der Waals surface area contributed by atoms with Crippen LogP contribution in [0.2, 0.25) is 0 Å². The van der Waals surface area contributed by atoms with Gasteiger partial charge in [0.2, 0.25) is 0 Å². The van der Waals surface area contributed by atoms with E-state index in [1.54, 1.807) is 17.1 Å². The number of hydrogen-bond acceptors (Lipinski definition) is 2. The van der Waals surface area contributed by atoms with E-state index in [4.69, 9.17) is 5.73 Å². The van der Waals surface area contributed by atoms with Crippen LogP contribution in [0.1, 0.15) is 12.5 Å². The zero-order valence-corrected chi connectivity index (χ0v) is 6.74. The van der Waals surface area contributed by atoms with Gasteiger partial charge in [0.05, 0.1) is 11.8 Å². The number of nitrogens with two attached hydrogens (primary N) is 1. The second-order valence-electron chi connectivity index (χ2n) is 2.20. The molecule has 4 nitrogen and oxygen atoms in total. The maximum atomic E-state index is 10.3. The van der Waals surface area contributed by atoms with Crippen LogP contribution in [0.25, 0.3) is 0 Å². The molecule has 0 atom stereocenters. The van der Waals surface area contributed by atoms with Crippen LogP contribution in [0, 0.1) is 11.8 Å². The van der Waals surface area contributed by atoms with Gasteiger partial charge in [-0.05, 0) is 6.92 Å². The fourth-order valence-electron chi connectivity index (χ4n) is 0.735. The molecule has 2 N–H and O–H groups in total. The molecule has 12 heavy (non-hydrogen) atoms. The van der Waals surface area contributed by atoms with Crippen molar-refractivity contribution < 1.29 is 4.79 Å². The number of hydrogen-bond donors (Lipinski definition) is 1. The lowest BCUT2D eigenvalue weighted by atomic mass is 10.3. The Morgan fingerprint density at radius 2 is 2.58 bits per heavy atom. The minimum absolute atomic E-state index is 0.626. The van der Waals surface area contributed by atoms with Gasteiger partial charge in [0, 0.05) is 18.7 Å². The zero-order chi connectivity index (χ0) is 8.97. The molecule has 0 aliphatic carbocycles. The zero-order valence-electron chi connectivity index (χ0n) is 6.74. The maximum absolute atomic E-state index is 10.3. The fourth-order valence-corrected chi connectivity index (χ4v) is 0.735. The van der Waals surface area contributed by atoms with Crippen molar-refractivity contribution in [2.24, 2.45) is 5.73 Å². The van der Waals surface area contributed by atoms with Gasteiger partial charge in [-0.25, -0.2) is 0 Å². The van der Waals surface area contributed by atoms with Gasteiger partial charge in [0.15, 0.2) is 0 Å². The third-order valence-electron chi connectivity index (χ3n) is 1.29. The largest absolute Gasteiger partial charge is 0.359 e. The highest BCUT2D eigenvalue weighted by atomic mass is 16.1. The summed E-state index contributed by atoms with van der Waals surface area (Å²) >= 11 is 0. The van der Waals surface area contributed by atoms with Gasteiger partial charge in [-0.1, -0.05) is 5.92 Å². The summed E-state index contributed by atoms with van der Waals surface area (Å²) in [5.74, 6) is 4.20. The molecule has 0 aliphatic heterocycles. The second-order valence-corrected chi connectivity index (χ2v) is 2.20. The normalized spacial score (nSPS) is 8.75. The van der Waals surface area contributed by atoms with Crippen molar-refractivity contribution in [1.82, 2.24) is 9.78 Å². The second kappa shape index (κ2) is 3.58. The summed E-state index contributed by atoms with van der Waals surface area (Å²) < 4.78 is 1.73. The molecule has 1 rings (SSSR count). The first-order chi connectivity index (χ1) is 5.72. The molecule has 0 spiro atoms. The first-order valence-electron chi connectivity index (χ1n) is 3.56. The molecule has 0 fully saturated rings. The van der Waals surface area contributed by atoms with E-state index in [1.807, 2.05) is 6.92 Å². The van der Waals surface area contributed by atoms with E-state index < -0.39 is 5.91 Å². The Labute approximate surface area is 70.4 Å². The van der Waals surface area contributed by atoms with Crippen LogP contribution in [0.5, 0.6) is 0 Å². The first kappa shape index (κ1) is 8.34. The van der Waals surface area contributed by atoms with E-state index in [9.17, 15) is 4.79 Å². The van der Waals surface area contributed by atoms with Crippen LogP contribution >= 0.6 is 0 Å². The van der Waals surface area contributed by atoms with Gasteiger partial charge in [-0.2, -0.15) is 5.10 Å². The van der Waals surface area contributed by atoms with Gasteiger partial charge in [0.25, 0.3) is 5.91 Å². The predicted octanol–water partition coefficient (Wildman–Crippen LogP) is -0.260. The molecular weight excluding hydrogens is 154 g/mol. The molecule has 0 aromatic carbocycles. The maximum Gasteiger partial charge on any atom is 0.293 e. The number of rotatable bonds is 1. The van der Waals surface area contributed by atoms with Crippen molar-refractivity contribution >= 4 is 5.91 Å². The summed E-state index contributed by atoms with van der Waals surface area (Å²) in [4.78, 5) is 10.3. The Morgan fingerprint density at radius 3 is 3.08 bits per heavy atom. The number of carbonyl (C=O) groups is 1. The number of aryl methyl sites for hydroxylation is 1. The highest BCUT2D eigenvalue weighted by molar-refractivity contribution is 5.92. The number of carbonyl (C=O) groups excluding carboxylic acids is 1. The monoisotopic (exact) mass is 163 g/mol. The molecule has 1 heterocycles. The van der Waals surface area contributed by atoms with E-state index >= 15 is 0 Å². The Hall–Kier alpha value is -1.76. The summed E-state index contributed by atoms with van der Waals surface area (Å²) in [6.45, 7) is 2.76. The molecule has 0 unspecified atom stereocenters. The SMILES string of the molecule is CCn1cc(C#CC(N)=O)cn1. The first-order valence-corrected chi connectivity index (χ1v) is 3.56. The minimum atomic E-state index is -0.626. The summed E-state index contributed by atoms with van der Waals surface area (Å²) in [7, 11) is 0. The Kier molecular flexibility index (Phi) is 2.49. The molecule has 4 heteroatoms. The van der Waals surface area contributed by atoms with Crippen LogP contribution in [-0.2, 0) is 11.3 Å². The minimum Gasteiger partial charge on any atom is -0.359 e. The third kappa shape index (κ3) is 2.13. The van der Waals surface area contributed by atoms with Crippen molar-refractivity contribution in [3.05, 3.63) is 18.0 Å². The van der Waals surface area contributed by atoms with Crippen LogP contribution < -0.4 is 5.73 Å². The van der Waals surface area contributed by atoms with E-state index in [-0.39, 0.29) is 0 Å². The summed E-state index contributed by atoms with van der Waals surface area (Å²) in [5.41, 5.74) is 5.54. The molecule has 0 aliphatic rings. The molecule has 62 valence electrons. The Morgan fingerprint density at radius 1 is 1.83 bits per heavy atom. The quantitative estimate of drug-likeness (QED) is 0.580. The van der Waals surface area contributed by atoms with E-state index in [0.29, 0.717) is 5.56 Å². The summed E-state index contributed by atoms with van der Waals surface area (Å²) in [5, 5.41) is 3.97. The molecule has 1 aromatic heterocycles. The van der Waals surface area contributed by atoms with Gasteiger partial charge >= 0.3 is 0 Å². The standard InChI is InChI=1S/C8H9N3O/c1-2-11-6-7(5-10-11)3-4-8(9)12/h5-6H,2H2,1H3,(H2,9,12). The molecule has 0 saturated carbocycles. The molecule has 1 aromatic rings. The van der Waals surface area contributed by atoms with Crippen molar-refractivity contribution in [1.29, 1.82) is 0 Å². The molecule has 0 saturated heterocycles. The van der Waals surface area contributed by atoms with Crippen LogP contribution in [0.4, 0.5) is 0 Å².